The number of fused-ring (bicyclic) bond motifs is 1. The van der Waals surface area contributed by atoms with Crippen LogP contribution >= 0.6 is 11.6 Å². The van der Waals surface area contributed by atoms with E-state index in [1.807, 2.05) is 6.07 Å². The van der Waals surface area contributed by atoms with Crippen molar-refractivity contribution in [2.24, 2.45) is 10.7 Å². The molecule has 152 valence electrons. The summed E-state index contributed by atoms with van der Waals surface area (Å²) in [6.45, 7) is 7.17. The number of ether oxygens (including phenoxy) is 1. The summed E-state index contributed by atoms with van der Waals surface area (Å²) in [4.78, 5) is 20.7. The Labute approximate surface area is 173 Å². The summed E-state index contributed by atoms with van der Waals surface area (Å²) in [6, 6.07) is 6.38. The molecule has 2 aromatic rings. The molecule has 2 heterocycles. The van der Waals surface area contributed by atoms with Gasteiger partial charge in [0, 0.05) is 5.56 Å². The second kappa shape index (κ2) is 7.16. The standard InChI is InChI=1S/C20H21ClFN5O2/c1-19(2,3)29-15(28)8-11-5-6-13(22)12(7-11)20(4)10-27-14(9-23)16(21)25-18(27)17(24)26-20/h5-7H,8,10H2,1-4H3,(H2,24,26). The van der Waals surface area contributed by atoms with Crippen molar-refractivity contribution in [1.29, 1.82) is 5.26 Å². The van der Waals surface area contributed by atoms with Gasteiger partial charge in [-0.15, -0.1) is 0 Å². The molecule has 0 fully saturated rings. The maximum absolute atomic E-state index is 14.8. The number of rotatable bonds is 3. The van der Waals surface area contributed by atoms with Crippen LogP contribution in [0.4, 0.5) is 4.39 Å². The van der Waals surface area contributed by atoms with Crippen molar-refractivity contribution in [3.05, 3.63) is 51.8 Å². The highest BCUT2D eigenvalue weighted by Gasteiger charge is 2.37. The monoisotopic (exact) mass is 417 g/mol. The number of esters is 1. The third-order valence-corrected chi connectivity index (χ3v) is 4.74. The van der Waals surface area contributed by atoms with E-state index in [1.54, 1.807) is 33.8 Å². The number of nitrogens with zero attached hydrogens (tertiary/aromatic N) is 4. The molecule has 1 atom stereocenters. The van der Waals surface area contributed by atoms with Crippen LogP contribution in [-0.4, -0.2) is 27.0 Å². The van der Waals surface area contributed by atoms with E-state index in [0.29, 0.717) is 5.56 Å². The molecule has 0 spiro atoms. The van der Waals surface area contributed by atoms with Crippen LogP contribution in [-0.2, 0) is 28.0 Å². The van der Waals surface area contributed by atoms with E-state index >= 15 is 0 Å². The van der Waals surface area contributed by atoms with E-state index in [-0.39, 0.29) is 41.0 Å². The predicted molar refractivity (Wildman–Crippen MR) is 106 cm³/mol. The van der Waals surface area contributed by atoms with Gasteiger partial charge in [-0.1, -0.05) is 17.7 Å². The average Bonchev–Trinajstić information content (AvgIpc) is 2.90. The van der Waals surface area contributed by atoms with E-state index < -0.39 is 22.9 Å². The maximum Gasteiger partial charge on any atom is 0.310 e. The number of nitriles is 1. The number of imidazole rings is 1. The smallest absolute Gasteiger partial charge is 0.310 e. The van der Waals surface area contributed by atoms with E-state index in [9.17, 15) is 14.4 Å². The molecule has 1 aromatic carbocycles. The summed E-state index contributed by atoms with van der Waals surface area (Å²) in [5.74, 6) is -0.582. The van der Waals surface area contributed by atoms with Gasteiger partial charge < -0.3 is 15.0 Å². The van der Waals surface area contributed by atoms with Crippen LogP contribution in [0.1, 0.15) is 50.3 Å². The number of aromatic nitrogens is 2. The molecule has 0 amide bonds. The zero-order valence-corrected chi connectivity index (χ0v) is 17.3. The summed E-state index contributed by atoms with van der Waals surface area (Å²) in [5, 5.41) is 9.40. The van der Waals surface area contributed by atoms with Crippen molar-refractivity contribution in [1.82, 2.24) is 9.55 Å². The van der Waals surface area contributed by atoms with Crippen LogP contribution in [0.5, 0.6) is 0 Å². The Balaban J connectivity index is 1.99. The molecule has 7 nitrogen and oxygen atoms in total. The van der Waals surface area contributed by atoms with Crippen LogP contribution in [0.3, 0.4) is 0 Å². The lowest BCUT2D eigenvalue weighted by Gasteiger charge is -2.32. The van der Waals surface area contributed by atoms with E-state index in [1.165, 1.54) is 16.7 Å². The number of carbonyl (C=O) groups excluding carboxylic acids is 1. The molecule has 0 saturated heterocycles. The molecular formula is C20H21ClFN5O2. The Morgan fingerprint density at radius 3 is 2.79 bits per heavy atom. The molecule has 9 heteroatoms. The number of halogens is 2. The lowest BCUT2D eigenvalue weighted by atomic mass is 9.89. The van der Waals surface area contributed by atoms with Gasteiger partial charge in [0.1, 0.15) is 23.0 Å². The molecule has 0 bridgehead atoms. The fourth-order valence-electron chi connectivity index (χ4n) is 3.32. The van der Waals surface area contributed by atoms with Gasteiger partial charge in [0.05, 0.1) is 13.0 Å². The second-order valence-electron chi connectivity index (χ2n) is 8.12. The number of hydrogen-bond acceptors (Lipinski definition) is 6. The molecule has 1 aromatic heterocycles. The molecule has 3 rings (SSSR count). The number of amidine groups is 1. The molecule has 0 aliphatic carbocycles. The fourth-order valence-corrected chi connectivity index (χ4v) is 3.55. The summed E-state index contributed by atoms with van der Waals surface area (Å²) in [6.07, 6.45) is -0.00851. The third-order valence-electron chi connectivity index (χ3n) is 4.47. The Morgan fingerprint density at radius 1 is 1.48 bits per heavy atom. The summed E-state index contributed by atoms with van der Waals surface area (Å²) >= 11 is 6.02. The molecule has 0 saturated carbocycles. The van der Waals surface area contributed by atoms with Crippen molar-refractivity contribution in [2.75, 3.05) is 0 Å². The van der Waals surface area contributed by atoms with Gasteiger partial charge in [-0.2, -0.15) is 5.26 Å². The third kappa shape index (κ3) is 4.10. The second-order valence-corrected chi connectivity index (χ2v) is 8.48. The molecule has 29 heavy (non-hydrogen) atoms. The van der Waals surface area contributed by atoms with Crippen molar-refractivity contribution in [2.45, 2.75) is 51.8 Å². The van der Waals surface area contributed by atoms with Gasteiger partial charge in [0.15, 0.2) is 22.5 Å². The van der Waals surface area contributed by atoms with Gasteiger partial charge in [0.2, 0.25) is 0 Å². The first-order valence-electron chi connectivity index (χ1n) is 8.96. The van der Waals surface area contributed by atoms with Crippen LogP contribution in [0.15, 0.2) is 23.2 Å². The number of aliphatic imine (C=N–C) groups is 1. The van der Waals surface area contributed by atoms with Crippen LogP contribution < -0.4 is 5.73 Å². The van der Waals surface area contributed by atoms with Gasteiger partial charge >= 0.3 is 5.97 Å². The highest BCUT2D eigenvalue weighted by atomic mass is 35.5. The minimum Gasteiger partial charge on any atom is -0.460 e. The summed E-state index contributed by atoms with van der Waals surface area (Å²) in [7, 11) is 0. The molecule has 1 aliphatic rings. The van der Waals surface area contributed by atoms with E-state index in [0.717, 1.165) is 0 Å². The Bertz CT molecular complexity index is 1060. The molecular weight excluding hydrogens is 397 g/mol. The molecule has 2 N–H and O–H groups in total. The number of nitrogens with two attached hydrogens (primary N) is 1. The van der Waals surface area contributed by atoms with Crippen molar-refractivity contribution in [3.8, 4) is 6.07 Å². The zero-order valence-electron chi connectivity index (χ0n) is 16.6. The highest BCUT2D eigenvalue weighted by molar-refractivity contribution is 6.30. The van der Waals surface area contributed by atoms with Gasteiger partial charge in [-0.05, 0) is 45.4 Å². The van der Waals surface area contributed by atoms with Crippen molar-refractivity contribution in [3.63, 3.8) is 0 Å². The van der Waals surface area contributed by atoms with Crippen LogP contribution in [0, 0.1) is 17.1 Å². The first-order chi connectivity index (χ1) is 13.4. The molecule has 1 aliphatic heterocycles. The predicted octanol–water partition coefficient (Wildman–Crippen LogP) is 3.07. The summed E-state index contributed by atoms with van der Waals surface area (Å²) in [5.41, 5.74) is 5.28. The first-order valence-corrected chi connectivity index (χ1v) is 9.34. The lowest BCUT2D eigenvalue weighted by Crippen LogP contribution is -2.38. The average molecular weight is 418 g/mol. The topological polar surface area (TPSA) is 106 Å². The Morgan fingerprint density at radius 2 is 2.17 bits per heavy atom. The normalized spacial score (nSPS) is 18.6. The first kappa shape index (κ1) is 20.8. The SMILES string of the molecule is CC(C)(C)OC(=O)Cc1ccc(F)c(C2(C)Cn3c(nc(Cl)c3C#N)C(N)=N2)c1. The maximum atomic E-state index is 14.8. The number of benzene rings is 1. The minimum absolute atomic E-state index is 0.00851. The molecule has 1 unspecified atom stereocenters. The van der Waals surface area contributed by atoms with Crippen molar-refractivity contribution < 1.29 is 13.9 Å². The van der Waals surface area contributed by atoms with Crippen LogP contribution in [0.2, 0.25) is 5.15 Å². The van der Waals surface area contributed by atoms with E-state index in [4.69, 9.17) is 22.1 Å². The van der Waals surface area contributed by atoms with Gasteiger partial charge in [-0.25, -0.2) is 9.37 Å². The molecule has 0 radical (unpaired) electrons. The van der Waals surface area contributed by atoms with Crippen molar-refractivity contribution >= 4 is 23.4 Å². The quantitative estimate of drug-likeness (QED) is 0.772. The lowest BCUT2D eigenvalue weighted by molar-refractivity contribution is -0.153. The van der Waals surface area contributed by atoms with Gasteiger partial charge in [0.25, 0.3) is 0 Å². The van der Waals surface area contributed by atoms with Crippen LogP contribution in [0.25, 0.3) is 0 Å². The van der Waals surface area contributed by atoms with Gasteiger partial charge in [-0.3, -0.25) is 9.79 Å². The minimum atomic E-state index is -1.11. The highest BCUT2D eigenvalue weighted by Crippen LogP contribution is 2.35. The fraction of sp³-hybridized carbons (Fsp3) is 0.400. The number of hydrogen-bond donors (Lipinski definition) is 1. The summed E-state index contributed by atoms with van der Waals surface area (Å²) < 4.78 is 21.6. The Kier molecular flexibility index (Phi) is 5.13. The number of carbonyl (C=O) groups is 1. The largest absolute Gasteiger partial charge is 0.460 e. The van der Waals surface area contributed by atoms with E-state index in [2.05, 4.69) is 9.98 Å². The zero-order chi connectivity index (χ0) is 21.6. The Hall–Kier alpha value is -2.92.